The van der Waals surface area contributed by atoms with E-state index >= 15 is 0 Å². The zero-order chi connectivity index (χ0) is 13.4. The lowest BCUT2D eigenvalue weighted by atomic mass is 9.71. The van der Waals surface area contributed by atoms with Gasteiger partial charge >= 0.3 is 6.09 Å². The average Bonchev–Trinajstić information content (AvgIpc) is 2.60. The van der Waals surface area contributed by atoms with Crippen LogP contribution in [-0.4, -0.2) is 52.6 Å². The van der Waals surface area contributed by atoms with Gasteiger partial charge in [0.05, 0.1) is 5.54 Å². The van der Waals surface area contributed by atoms with E-state index in [-0.39, 0.29) is 11.3 Å². The number of rotatable bonds is 1. The van der Waals surface area contributed by atoms with Crippen LogP contribution in [-0.2, 0) is 4.79 Å². The molecule has 0 aromatic rings. The van der Waals surface area contributed by atoms with Crippen LogP contribution in [0.4, 0.5) is 4.79 Å². The van der Waals surface area contributed by atoms with E-state index in [9.17, 15) is 9.59 Å². The zero-order valence-corrected chi connectivity index (χ0v) is 11.3. The molecule has 1 heterocycles. The number of nitrogens with zero attached hydrogens (tertiary/aromatic N) is 2. The Kier molecular flexibility index (Phi) is 3.41. The molecule has 0 aromatic heterocycles. The molecule has 1 rings (SSSR count). The standard InChI is InChI=1S/C12H22N2O3/c1-9(15)13(5)12(11(2,3)4)6-7-14(8-12)10(16)17/h6-8H2,1-5H3,(H,16,17). The van der Waals surface area contributed by atoms with Crippen LogP contribution in [0.15, 0.2) is 0 Å². The third kappa shape index (κ3) is 2.23. The van der Waals surface area contributed by atoms with Gasteiger partial charge in [-0.15, -0.1) is 0 Å². The van der Waals surface area contributed by atoms with Crippen molar-refractivity contribution in [3.8, 4) is 0 Å². The third-order valence-corrected chi connectivity index (χ3v) is 4.03. The van der Waals surface area contributed by atoms with Gasteiger partial charge in [-0.3, -0.25) is 4.79 Å². The monoisotopic (exact) mass is 242 g/mol. The van der Waals surface area contributed by atoms with Crippen LogP contribution in [0.1, 0.15) is 34.1 Å². The molecule has 17 heavy (non-hydrogen) atoms. The lowest BCUT2D eigenvalue weighted by molar-refractivity contribution is -0.137. The van der Waals surface area contributed by atoms with E-state index in [0.717, 1.165) is 0 Å². The van der Waals surface area contributed by atoms with Gasteiger partial charge in [-0.1, -0.05) is 20.8 Å². The Bertz CT molecular complexity index is 335. The van der Waals surface area contributed by atoms with Gasteiger partial charge in [0.1, 0.15) is 0 Å². The summed E-state index contributed by atoms with van der Waals surface area (Å²) in [4.78, 5) is 25.7. The molecule has 5 nitrogen and oxygen atoms in total. The van der Waals surface area contributed by atoms with E-state index in [0.29, 0.717) is 19.5 Å². The number of carbonyl (C=O) groups excluding carboxylic acids is 1. The van der Waals surface area contributed by atoms with Crippen LogP contribution < -0.4 is 0 Å². The van der Waals surface area contributed by atoms with Gasteiger partial charge < -0.3 is 14.9 Å². The van der Waals surface area contributed by atoms with Gasteiger partial charge in [0, 0.05) is 27.1 Å². The fraction of sp³-hybridized carbons (Fsp3) is 0.833. The van der Waals surface area contributed by atoms with Crippen LogP contribution in [0.2, 0.25) is 0 Å². The highest BCUT2D eigenvalue weighted by molar-refractivity contribution is 5.74. The molecule has 1 atom stereocenters. The molecule has 0 aliphatic carbocycles. The van der Waals surface area contributed by atoms with Crippen molar-refractivity contribution < 1.29 is 14.7 Å². The Morgan fingerprint density at radius 3 is 2.18 bits per heavy atom. The summed E-state index contributed by atoms with van der Waals surface area (Å²) >= 11 is 0. The fourth-order valence-corrected chi connectivity index (χ4v) is 2.65. The smallest absolute Gasteiger partial charge is 0.407 e. The van der Waals surface area contributed by atoms with Crippen LogP contribution in [0.25, 0.3) is 0 Å². The first-order valence-electron chi connectivity index (χ1n) is 5.84. The summed E-state index contributed by atoms with van der Waals surface area (Å²) in [5, 5.41) is 9.05. The van der Waals surface area contributed by atoms with Gasteiger partial charge in [-0.25, -0.2) is 4.79 Å². The highest BCUT2D eigenvalue weighted by Gasteiger charge is 2.51. The Balaban J connectivity index is 3.07. The van der Waals surface area contributed by atoms with E-state index in [1.54, 1.807) is 11.9 Å². The number of carbonyl (C=O) groups is 2. The molecule has 1 aliphatic heterocycles. The summed E-state index contributed by atoms with van der Waals surface area (Å²) in [6, 6.07) is 0. The minimum absolute atomic E-state index is 0.0211. The van der Waals surface area contributed by atoms with Crippen molar-refractivity contribution in [3.63, 3.8) is 0 Å². The maximum atomic E-state index is 11.6. The van der Waals surface area contributed by atoms with E-state index in [2.05, 4.69) is 20.8 Å². The molecular formula is C12H22N2O3. The Hall–Kier alpha value is -1.26. The molecule has 1 saturated heterocycles. The van der Waals surface area contributed by atoms with Gasteiger partial charge in [-0.05, 0) is 11.8 Å². The summed E-state index contributed by atoms with van der Waals surface area (Å²) in [7, 11) is 1.76. The van der Waals surface area contributed by atoms with E-state index < -0.39 is 11.6 Å². The summed E-state index contributed by atoms with van der Waals surface area (Å²) in [5.41, 5.74) is -0.561. The van der Waals surface area contributed by atoms with Crippen molar-refractivity contribution in [1.82, 2.24) is 9.80 Å². The quantitative estimate of drug-likeness (QED) is 0.760. The zero-order valence-electron chi connectivity index (χ0n) is 11.3. The molecule has 1 aliphatic rings. The second-order valence-electron chi connectivity index (χ2n) is 5.81. The number of amides is 2. The predicted octanol–water partition coefficient (Wildman–Crippen LogP) is 1.63. The molecule has 0 aromatic carbocycles. The molecule has 1 N–H and O–H groups in total. The van der Waals surface area contributed by atoms with Gasteiger partial charge in [0.25, 0.3) is 0 Å². The van der Waals surface area contributed by atoms with E-state index in [1.165, 1.54) is 11.8 Å². The van der Waals surface area contributed by atoms with Crippen LogP contribution in [0, 0.1) is 5.41 Å². The summed E-state index contributed by atoms with van der Waals surface area (Å²) in [6.45, 7) is 8.57. The van der Waals surface area contributed by atoms with Crippen molar-refractivity contribution in [1.29, 1.82) is 0 Å². The van der Waals surface area contributed by atoms with Crippen LogP contribution >= 0.6 is 0 Å². The topological polar surface area (TPSA) is 60.9 Å². The molecule has 1 fully saturated rings. The number of likely N-dealkylation sites (N-methyl/N-ethyl adjacent to an activating group) is 1. The fourth-order valence-electron chi connectivity index (χ4n) is 2.65. The normalized spacial score (nSPS) is 24.9. The predicted molar refractivity (Wildman–Crippen MR) is 64.8 cm³/mol. The largest absolute Gasteiger partial charge is 0.465 e. The molecule has 98 valence electrons. The molecule has 5 heteroatoms. The van der Waals surface area contributed by atoms with Crippen LogP contribution in [0.3, 0.4) is 0 Å². The summed E-state index contributed by atoms with van der Waals surface area (Å²) in [5.74, 6) is -0.0211. The van der Waals surface area contributed by atoms with Gasteiger partial charge in [-0.2, -0.15) is 0 Å². The summed E-state index contributed by atoms with van der Waals surface area (Å²) < 4.78 is 0. The number of hydrogen-bond acceptors (Lipinski definition) is 2. The molecule has 1 unspecified atom stereocenters. The second-order valence-corrected chi connectivity index (χ2v) is 5.81. The Morgan fingerprint density at radius 1 is 1.35 bits per heavy atom. The van der Waals surface area contributed by atoms with Crippen molar-refractivity contribution in [2.24, 2.45) is 5.41 Å². The van der Waals surface area contributed by atoms with Crippen molar-refractivity contribution >= 4 is 12.0 Å². The first kappa shape index (κ1) is 13.8. The molecule has 0 radical (unpaired) electrons. The molecule has 0 bridgehead atoms. The number of likely N-dealkylation sites (tertiary alicyclic amines) is 1. The molecule has 0 spiro atoms. The van der Waals surface area contributed by atoms with Gasteiger partial charge in [0.2, 0.25) is 5.91 Å². The van der Waals surface area contributed by atoms with Crippen molar-refractivity contribution in [3.05, 3.63) is 0 Å². The maximum absolute atomic E-state index is 11.6. The molecular weight excluding hydrogens is 220 g/mol. The van der Waals surface area contributed by atoms with Crippen molar-refractivity contribution in [2.45, 2.75) is 39.7 Å². The van der Waals surface area contributed by atoms with Crippen molar-refractivity contribution in [2.75, 3.05) is 20.1 Å². The second kappa shape index (κ2) is 4.20. The first-order chi connectivity index (χ1) is 7.62. The SMILES string of the molecule is CC(=O)N(C)C1(C(C)(C)C)CCN(C(=O)O)C1. The number of hydrogen-bond donors (Lipinski definition) is 1. The third-order valence-electron chi connectivity index (χ3n) is 4.03. The lowest BCUT2D eigenvalue weighted by Crippen LogP contribution is -2.59. The number of carboxylic acid groups (broad SMARTS) is 1. The van der Waals surface area contributed by atoms with Gasteiger partial charge in [0.15, 0.2) is 0 Å². The molecule has 2 amide bonds. The Labute approximate surface area is 102 Å². The minimum Gasteiger partial charge on any atom is -0.465 e. The van der Waals surface area contributed by atoms with Crippen LogP contribution in [0.5, 0.6) is 0 Å². The maximum Gasteiger partial charge on any atom is 0.407 e. The van der Waals surface area contributed by atoms with E-state index in [4.69, 9.17) is 5.11 Å². The minimum atomic E-state index is -0.909. The first-order valence-corrected chi connectivity index (χ1v) is 5.84. The van der Waals surface area contributed by atoms with E-state index in [1.807, 2.05) is 0 Å². The lowest BCUT2D eigenvalue weighted by Gasteiger charge is -2.48. The Morgan fingerprint density at radius 2 is 1.88 bits per heavy atom. The highest BCUT2D eigenvalue weighted by Crippen LogP contribution is 2.42. The highest BCUT2D eigenvalue weighted by atomic mass is 16.4. The summed E-state index contributed by atoms with van der Waals surface area (Å²) in [6.07, 6.45) is -0.216. The average molecular weight is 242 g/mol. The molecule has 0 saturated carbocycles.